The molecule has 1 aliphatic carbocycles. The Morgan fingerprint density at radius 3 is 2.57 bits per heavy atom. The van der Waals surface area contributed by atoms with E-state index in [9.17, 15) is 13.2 Å². The van der Waals surface area contributed by atoms with E-state index in [1.807, 2.05) is 17.8 Å². The number of nitrogens with zero attached hydrogens (tertiary/aromatic N) is 6. The molecule has 35 heavy (non-hydrogen) atoms. The van der Waals surface area contributed by atoms with E-state index in [1.165, 1.54) is 18.9 Å². The first-order valence-corrected chi connectivity index (χ1v) is 12.6. The van der Waals surface area contributed by atoms with Crippen molar-refractivity contribution in [2.45, 2.75) is 57.9 Å². The van der Waals surface area contributed by atoms with Crippen molar-refractivity contribution >= 4 is 5.69 Å². The van der Waals surface area contributed by atoms with Crippen molar-refractivity contribution in [3.63, 3.8) is 0 Å². The number of piperidine rings is 1. The van der Waals surface area contributed by atoms with E-state index in [4.69, 9.17) is 10.1 Å². The fourth-order valence-electron chi connectivity index (χ4n) is 6.48. The second-order valence-electron chi connectivity index (χ2n) is 10.3. The van der Waals surface area contributed by atoms with E-state index in [1.54, 1.807) is 0 Å². The Labute approximate surface area is 202 Å². The predicted molar refractivity (Wildman–Crippen MR) is 124 cm³/mol. The largest absolute Gasteiger partial charge is 0.370 e. The molecule has 0 N–H and O–H groups in total. The number of anilines is 1. The molecule has 6 rings (SSSR count). The van der Waals surface area contributed by atoms with E-state index in [2.05, 4.69) is 21.2 Å². The van der Waals surface area contributed by atoms with Gasteiger partial charge in [-0.05, 0) is 62.5 Å². The van der Waals surface area contributed by atoms with Gasteiger partial charge < -0.3 is 4.90 Å². The van der Waals surface area contributed by atoms with Gasteiger partial charge in [-0.2, -0.15) is 15.3 Å². The molecule has 4 heterocycles. The number of rotatable bonds is 4. The van der Waals surface area contributed by atoms with Crippen molar-refractivity contribution in [2.75, 3.05) is 18.0 Å². The number of aryl methyl sites for hydroxylation is 2. The van der Waals surface area contributed by atoms with Crippen LogP contribution in [0.3, 0.4) is 0 Å². The highest BCUT2D eigenvalue weighted by molar-refractivity contribution is 5.45. The van der Waals surface area contributed by atoms with Gasteiger partial charge in [-0.15, -0.1) is 0 Å². The van der Waals surface area contributed by atoms with Crippen LogP contribution in [-0.4, -0.2) is 38.1 Å². The van der Waals surface area contributed by atoms with Crippen molar-refractivity contribution in [1.29, 1.82) is 0 Å². The Balaban J connectivity index is 1.24. The maximum Gasteiger partial charge on any atom is 0.194 e. The molecule has 6 nitrogen and oxygen atoms in total. The van der Waals surface area contributed by atoms with Gasteiger partial charge in [0.15, 0.2) is 23.3 Å². The van der Waals surface area contributed by atoms with Crippen LogP contribution in [0.4, 0.5) is 18.9 Å². The maximum atomic E-state index is 14.7. The summed E-state index contributed by atoms with van der Waals surface area (Å²) in [6.07, 6.45) is 7.43. The number of benzene rings is 1. The zero-order chi connectivity index (χ0) is 24.1. The predicted octanol–water partition coefficient (Wildman–Crippen LogP) is 4.81. The summed E-state index contributed by atoms with van der Waals surface area (Å²) in [5, 5.41) is 13.0. The Bertz CT molecular complexity index is 1230. The topological polar surface area (TPSA) is 59.7 Å². The molecule has 0 spiro atoms. The summed E-state index contributed by atoms with van der Waals surface area (Å²) < 4.78 is 44.1. The summed E-state index contributed by atoms with van der Waals surface area (Å²) in [7, 11) is 0. The van der Waals surface area contributed by atoms with Gasteiger partial charge in [0, 0.05) is 37.5 Å². The summed E-state index contributed by atoms with van der Waals surface area (Å²) in [5.74, 6) is -1.03. The molecule has 1 aromatic carbocycles. The lowest BCUT2D eigenvalue weighted by atomic mass is 9.82. The summed E-state index contributed by atoms with van der Waals surface area (Å²) in [5.41, 5.74) is 2.23. The highest BCUT2D eigenvalue weighted by Crippen LogP contribution is 2.44. The smallest absolute Gasteiger partial charge is 0.194 e. The minimum atomic E-state index is -1.42. The lowest BCUT2D eigenvalue weighted by Gasteiger charge is -2.39. The molecule has 1 saturated heterocycles. The van der Waals surface area contributed by atoms with Gasteiger partial charge in [0.1, 0.15) is 5.82 Å². The zero-order valence-corrected chi connectivity index (χ0v) is 19.8. The lowest BCUT2D eigenvalue weighted by molar-refractivity contribution is 0.265. The molecule has 0 amide bonds. The Morgan fingerprint density at radius 1 is 1.00 bits per heavy atom. The third-order valence-electron chi connectivity index (χ3n) is 8.18. The maximum absolute atomic E-state index is 14.7. The normalized spacial score (nSPS) is 26.0. The number of hydrogen-bond donors (Lipinski definition) is 0. The molecule has 2 fully saturated rings. The Hall–Kier alpha value is -2.97. The van der Waals surface area contributed by atoms with Crippen LogP contribution >= 0.6 is 0 Å². The van der Waals surface area contributed by atoms with Gasteiger partial charge in [-0.3, -0.25) is 0 Å². The van der Waals surface area contributed by atoms with Crippen molar-refractivity contribution in [3.05, 3.63) is 64.8 Å². The van der Waals surface area contributed by atoms with E-state index in [0.717, 1.165) is 55.6 Å². The van der Waals surface area contributed by atoms with Gasteiger partial charge in [-0.1, -0.05) is 12.5 Å². The molecule has 2 unspecified atom stereocenters. The number of hydrogen-bond acceptors (Lipinski definition) is 5. The number of halogens is 3. The van der Waals surface area contributed by atoms with Crippen LogP contribution < -0.4 is 4.90 Å². The standard InChI is InChI=1S/C26H29F3N6/c1-15-10-18(12-30-32-15)34-13-16-5-6-17(14-34)21(16)11-23-31-26-20(4-2-3-9-35(26)33-23)19-7-8-22(27)25(29)24(19)28/h7-8,10,12,16-17,20-21H,2-6,9,11,13-14H2,1H3/t16-,17+,20?,21?. The monoisotopic (exact) mass is 482 g/mol. The molecule has 1 saturated carbocycles. The van der Waals surface area contributed by atoms with Gasteiger partial charge >= 0.3 is 0 Å². The molecule has 3 aliphatic rings. The van der Waals surface area contributed by atoms with Crippen LogP contribution in [0.1, 0.15) is 60.9 Å². The molecule has 184 valence electrons. The lowest BCUT2D eigenvalue weighted by Crippen LogP contribution is -2.43. The average molecular weight is 483 g/mol. The summed E-state index contributed by atoms with van der Waals surface area (Å²) in [6, 6.07) is 4.46. The molecule has 3 aromatic rings. The molecule has 2 bridgehead atoms. The third-order valence-corrected chi connectivity index (χ3v) is 8.18. The number of aromatic nitrogens is 5. The summed E-state index contributed by atoms with van der Waals surface area (Å²) >= 11 is 0. The minimum absolute atomic E-state index is 0.167. The Morgan fingerprint density at radius 2 is 1.80 bits per heavy atom. The molecular weight excluding hydrogens is 453 g/mol. The van der Waals surface area contributed by atoms with E-state index >= 15 is 0 Å². The average Bonchev–Trinajstić information content (AvgIpc) is 3.25. The van der Waals surface area contributed by atoms with Crippen LogP contribution in [0.2, 0.25) is 0 Å². The van der Waals surface area contributed by atoms with Gasteiger partial charge in [0.25, 0.3) is 0 Å². The van der Waals surface area contributed by atoms with Crippen molar-refractivity contribution in [1.82, 2.24) is 25.0 Å². The van der Waals surface area contributed by atoms with Crippen LogP contribution in [0.25, 0.3) is 0 Å². The summed E-state index contributed by atoms with van der Waals surface area (Å²) in [6.45, 7) is 4.65. The van der Waals surface area contributed by atoms with Crippen LogP contribution in [0.5, 0.6) is 0 Å². The first kappa shape index (κ1) is 22.5. The minimum Gasteiger partial charge on any atom is -0.370 e. The first-order valence-electron chi connectivity index (χ1n) is 12.6. The highest BCUT2D eigenvalue weighted by atomic mass is 19.2. The van der Waals surface area contributed by atoms with E-state index in [-0.39, 0.29) is 5.56 Å². The first-order chi connectivity index (χ1) is 17.0. The van der Waals surface area contributed by atoms with Crippen LogP contribution in [0, 0.1) is 42.1 Å². The fraction of sp³-hybridized carbons (Fsp3) is 0.538. The Kier molecular flexibility index (Phi) is 5.73. The molecule has 4 atom stereocenters. The van der Waals surface area contributed by atoms with Crippen molar-refractivity contribution in [3.8, 4) is 0 Å². The second-order valence-corrected chi connectivity index (χ2v) is 10.3. The molecule has 9 heteroatoms. The van der Waals surface area contributed by atoms with Gasteiger partial charge in [0.2, 0.25) is 0 Å². The SMILES string of the molecule is Cc1cc(N2C[C@H]3CC[C@@H](C2)C3Cc2nc3n(n2)CCCCC3c2ccc(F)c(F)c2F)cnn1. The van der Waals surface area contributed by atoms with Crippen molar-refractivity contribution < 1.29 is 13.2 Å². The van der Waals surface area contributed by atoms with Gasteiger partial charge in [-0.25, -0.2) is 22.8 Å². The molecular formula is C26H29F3N6. The highest BCUT2D eigenvalue weighted by Gasteiger charge is 2.43. The third kappa shape index (κ3) is 4.08. The molecule has 0 radical (unpaired) electrons. The second kappa shape index (κ2) is 8.91. The zero-order valence-electron chi connectivity index (χ0n) is 19.8. The quantitative estimate of drug-likeness (QED) is 0.500. The van der Waals surface area contributed by atoms with Crippen LogP contribution in [0.15, 0.2) is 24.4 Å². The van der Waals surface area contributed by atoms with Crippen LogP contribution in [-0.2, 0) is 13.0 Å². The molecule has 2 aliphatic heterocycles. The molecule has 2 aromatic heterocycles. The van der Waals surface area contributed by atoms with Gasteiger partial charge in [0.05, 0.1) is 17.6 Å². The van der Waals surface area contributed by atoms with Crippen molar-refractivity contribution in [2.24, 2.45) is 17.8 Å². The van der Waals surface area contributed by atoms with E-state index in [0.29, 0.717) is 36.5 Å². The van der Waals surface area contributed by atoms with E-state index < -0.39 is 23.4 Å². The number of fused-ring (bicyclic) bond motifs is 3. The fourth-order valence-corrected chi connectivity index (χ4v) is 6.48. The summed E-state index contributed by atoms with van der Waals surface area (Å²) in [4.78, 5) is 7.31.